The van der Waals surface area contributed by atoms with Crippen LogP contribution in [-0.2, 0) is 0 Å². The first-order valence-corrected chi connectivity index (χ1v) is 9.28. The maximum absolute atomic E-state index is 11.7. The van der Waals surface area contributed by atoms with E-state index in [-0.39, 0.29) is 5.78 Å². The molecule has 0 aliphatic heterocycles. The average Bonchev–Trinajstić information content (AvgIpc) is 2.17. The molecule has 1 aromatic rings. The van der Waals surface area contributed by atoms with E-state index in [0.717, 1.165) is 12.0 Å². The number of hydrogen-bond acceptors (Lipinski definition) is 1. The number of carbonyl (C=O) groups is 1. The lowest BCUT2D eigenvalue weighted by molar-refractivity contribution is 0.0981. The van der Waals surface area contributed by atoms with Crippen molar-refractivity contribution < 1.29 is 4.79 Å². The van der Waals surface area contributed by atoms with Gasteiger partial charge >= 0.3 is 0 Å². The van der Waals surface area contributed by atoms with Gasteiger partial charge in [0.1, 0.15) is 0 Å². The third-order valence-corrected chi connectivity index (χ3v) is 4.28. The van der Waals surface area contributed by atoms with Crippen LogP contribution in [0.4, 0.5) is 0 Å². The van der Waals surface area contributed by atoms with E-state index in [4.69, 9.17) is 0 Å². The Bertz CT molecular complexity index is 311. The Labute approximate surface area is 93.5 Å². The Kier molecular flexibility index (Phi) is 4.27. The second-order valence-electron chi connectivity index (χ2n) is 5.20. The van der Waals surface area contributed by atoms with Crippen molar-refractivity contribution in [2.45, 2.75) is 38.5 Å². The fraction of sp³-hybridized carbons (Fsp3) is 0.462. The molecule has 1 nitrogen and oxygen atoms in total. The molecule has 0 bridgehead atoms. The molecule has 0 aliphatic carbocycles. The van der Waals surface area contributed by atoms with Crippen molar-refractivity contribution in [1.82, 2.24) is 0 Å². The first-order chi connectivity index (χ1) is 6.99. The van der Waals surface area contributed by atoms with Gasteiger partial charge in [-0.3, -0.25) is 4.79 Å². The predicted molar refractivity (Wildman–Crippen MR) is 68.2 cm³/mol. The highest BCUT2D eigenvalue weighted by Gasteiger charge is 2.13. The fourth-order valence-electron chi connectivity index (χ4n) is 1.55. The summed E-state index contributed by atoms with van der Waals surface area (Å²) in [5.74, 6) is 0.286. The molecule has 82 valence electrons. The second kappa shape index (κ2) is 5.26. The van der Waals surface area contributed by atoms with Crippen LogP contribution in [0.3, 0.4) is 0 Å². The van der Waals surface area contributed by atoms with Crippen LogP contribution in [0, 0.1) is 0 Å². The van der Waals surface area contributed by atoms with Crippen molar-refractivity contribution in [1.29, 1.82) is 0 Å². The number of Topliss-reactive ketones (excluding diaryl/α,β-unsaturated/α-hetero) is 1. The van der Waals surface area contributed by atoms with E-state index in [0.29, 0.717) is 6.42 Å². The fourth-order valence-corrected chi connectivity index (χ4v) is 2.79. The van der Waals surface area contributed by atoms with Gasteiger partial charge in [0.25, 0.3) is 0 Å². The summed E-state index contributed by atoms with van der Waals surface area (Å²) in [6, 6.07) is 10.8. The van der Waals surface area contributed by atoms with Gasteiger partial charge in [-0.15, -0.1) is 0 Å². The summed E-state index contributed by atoms with van der Waals surface area (Å²) in [6.45, 7) is 7.04. The Morgan fingerprint density at radius 3 is 2.27 bits per heavy atom. The number of rotatable bonds is 5. The van der Waals surface area contributed by atoms with Gasteiger partial charge in [0, 0.05) is 20.1 Å². The highest BCUT2D eigenvalue weighted by molar-refractivity contribution is 6.76. The first kappa shape index (κ1) is 12.2. The molecule has 0 fully saturated rings. The number of ketones is 1. The first-order valence-electron chi connectivity index (χ1n) is 5.57. The maximum Gasteiger partial charge on any atom is 0.162 e. The van der Waals surface area contributed by atoms with Crippen molar-refractivity contribution in [2.24, 2.45) is 0 Å². The van der Waals surface area contributed by atoms with Crippen LogP contribution >= 0.6 is 0 Å². The molecule has 1 rings (SSSR count). The third kappa shape index (κ3) is 4.93. The van der Waals surface area contributed by atoms with Crippen molar-refractivity contribution in [3.05, 3.63) is 35.9 Å². The van der Waals surface area contributed by atoms with Crippen LogP contribution in [0.1, 0.15) is 23.2 Å². The van der Waals surface area contributed by atoms with Crippen LogP contribution in [0.25, 0.3) is 0 Å². The zero-order valence-corrected chi connectivity index (χ0v) is 10.9. The molecule has 0 heterocycles. The predicted octanol–water partition coefficient (Wildman–Crippen LogP) is 3.99. The van der Waals surface area contributed by atoms with E-state index in [1.807, 2.05) is 30.3 Å². The molecule has 0 N–H and O–H groups in total. The highest BCUT2D eigenvalue weighted by atomic mass is 28.3. The van der Waals surface area contributed by atoms with Gasteiger partial charge in [-0.05, 0) is 6.42 Å². The molecule has 0 unspecified atom stereocenters. The number of carbonyl (C=O) groups excluding carboxylic acids is 1. The normalized spacial score (nSPS) is 11.4. The minimum Gasteiger partial charge on any atom is -0.294 e. The molecular formula is C13H20OSi. The standard InChI is InChI=1S/C13H20OSi/c1-15(2,3)11-7-10-13(14)12-8-5-4-6-9-12/h4-6,8-9H,7,10-11H2,1-3H3. The molecule has 0 aliphatic rings. The SMILES string of the molecule is C[Si](C)(C)CCCC(=O)c1ccccc1. The zero-order valence-electron chi connectivity index (χ0n) is 9.92. The molecule has 0 aromatic heterocycles. The van der Waals surface area contributed by atoms with Crippen LogP contribution < -0.4 is 0 Å². The number of benzene rings is 1. The maximum atomic E-state index is 11.7. The summed E-state index contributed by atoms with van der Waals surface area (Å²) >= 11 is 0. The van der Waals surface area contributed by atoms with Gasteiger partial charge in [0.2, 0.25) is 0 Å². The van der Waals surface area contributed by atoms with Gasteiger partial charge in [0.05, 0.1) is 0 Å². The second-order valence-corrected chi connectivity index (χ2v) is 10.8. The molecule has 0 radical (unpaired) electrons. The summed E-state index contributed by atoms with van der Waals surface area (Å²) in [4.78, 5) is 11.7. The van der Waals surface area contributed by atoms with Crippen LogP contribution in [0.5, 0.6) is 0 Å². The summed E-state index contributed by atoms with van der Waals surface area (Å²) in [5.41, 5.74) is 0.855. The Morgan fingerprint density at radius 2 is 1.73 bits per heavy atom. The minimum atomic E-state index is -0.977. The molecule has 15 heavy (non-hydrogen) atoms. The van der Waals surface area contributed by atoms with Gasteiger partial charge in [-0.1, -0.05) is 56.0 Å². The Hall–Kier alpha value is -0.893. The van der Waals surface area contributed by atoms with Crippen LogP contribution in [-0.4, -0.2) is 13.9 Å². The molecule has 0 amide bonds. The average molecular weight is 220 g/mol. The monoisotopic (exact) mass is 220 g/mol. The van der Waals surface area contributed by atoms with Gasteiger partial charge in [0.15, 0.2) is 5.78 Å². The molecule has 0 spiro atoms. The van der Waals surface area contributed by atoms with Crippen molar-refractivity contribution in [3.63, 3.8) is 0 Å². The summed E-state index contributed by atoms with van der Waals surface area (Å²) in [5, 5.41) is 0. The van der Waals surface area contributed by atoms with E-state index >= 15 is 0 Å². The lowest BCUT2D eigenvalue weighted by Gasteiger charge is -2.14. The highest BCUT2D eigenvalue weighted by Crippen LogP contribution is 2.14. The largest absolute Gasteiger partial charge is 0.294 e. The van der Waals surface area contributed by atoms with E-state index < -0.39 is 8.07 Å². The van der Waals surface area contributed by atoms with E-state index in [1.54, 1.807) is 0 Å². The molecule has 2 heteroatoms. The molecule has 0 atom stereocenters. The molecule has 0 saturated heterocycles. The van der Waals surface area contributed by atoms with Crippen LogP contribution in [0.15, 0.2) is 30.3 Å². The summed E-state index contributed by atoms with van der Waals surface area (Å²) in [7, 11) is -0.977. The van der Waals surface area contributed by atoms with Crippen molar-refractivity contribution in [3.8, 4) is 0 Å². The lowest BCUT2D eigenvalue weighted by atomic mass is 10.1. The molecule has 1 aromatic carbocycles. The lowest BCUT2D eigenvalue weighted by Crippen LogP contribution is -2.19. The van der Waals surface area contributed by atoms with E-state index in [1.165, 1.54) is 6.04 Å². The molecule has 0 saturated carbocycles. The summed E-state index contributed by atoms with van der Waals surface area (Å²) in [6.07, 6.45) is 1.75. The Morgan fingerprint density at radius 1 is 1.13 bits per heavy atom. The third-order valence-electron chi connectivity index (χ3n) is 2.43. The topological polar surface area (TPSA) is 17.1 Å². The van der Waals surface area contributed by atoms with Crippen molar-refractivity contribution in [2.75, 3.05) is 0 Å². The van der Waals surface area contributed by atoms with Crippen molar-refractivity contribution >= 4 is 13.9 Å². The van der Waals surface area contributed by atoms with Crippen LogP contribution in [0.2, 0.25) is 25.7 Å². The summed E-state index contributed by atoms with van der Waals surface area (Å²) < 4.78 is 0. The minimum absolute atomic E-state index is 0.286. The Balaban J connectivity index is 2.38. The van der Waals surface area contributed by atoms with Gasteiger partial charge in [-0.2, -0.15) is 0 Å². The van der Waals surface area contributed by atoms with Gasteiger partial charge < -0.3 is 0 Å². The zero-order chi connectivity index (χ0) is 11.3. The quantitative estimate of drug-likeness (QED) is 0.542. The molecular weight excluding hydrogens is 200 g/mol. The van der Waals surface area contributed by atoms with E-state index in [2.05, 4.69) is 19.6 Å². The van der Waals surface area contributed by atoms with Gasteiger partial charge in [-0.25, -0.2) is 0 Å². The smallest absolute Gasteiger partial charge is 0.162 e. The van der Waals surface area contributed by atoms with E-state index in [9.17, 15) is 4.79 Å². The number of hydrogen-bond donors (Lipinski definition) is 0.